The van der Waals surface area contributed by atoms with E-state index in [0.717, 1.165) is 39.1 Å². The molecule has 0 saturated carbocycles. The van der Waals surface area contributed by atoms with Crippen molar-refractivity contribution in [3.8, 4) is 0 Å². The second-order valence-corrected chi connectivity index (χ2v) is 11.6. The molecular formula is C29H22FN3O4S2. The van der Waals surface area contributed by atoms with Crippen molar-refractivity contribution in [3.05, 3.63) is 110 Å². The lowest BCUT2D eigenvalue weighted by atomic mass is 9.83. The highest BCUT2D eigenvalue weighted by Crippen LogP contribution is 2.53. The summed E-state index contributed by atoms with van der Waals surface area (Å²) in [5, 5.41) is 2.57. The molecule has 0 bridgehead atoms. The van der Waals surface area contributed by atoms with Gasteiger partial charge in [0.1, 0.15) is 17.6 Å². The van der Waals surface area contributed by atoms with Crippen LogP contribution in [0.4, 0.5) is 15.8 Å². The number of nitrogens with one attached hydrogen (secondary N) is 1. The maximum atomic E-state index is 13.8. The Bertz CT molecular complexity index is 1670. The van der Waals surface area contributed by atoms with Gasteiger partial charge < -0.3 is 5.32 Å². The Balaban J connectivity index is 1.40. The van der Waals surface area contributed by atoms with Crippen molar-refractivity contribution in [2.45, 2.75) is 29.7 Å². The molecule has 1 N–H and O–H groups in total. The summed E-state index contributed by atoms with van der Waals surface area (Å²) in [5.41, 5.74) is 2.64. The van der Waals surface area contributed by atoms with Crippen LogP contribution in [0.15, 0.2) is 88.7 Å². The number of halogens is 1. The molecule has 39 heavy (non-hydrogen) atoms. The summed E-state index contributed by atoms with van der Waals surface area (Å²) in [6, 6.07) is 21.9. The van der Waals surface area contributed by atoms with E-state index in [4.69, 9.17) is 0 Å². The quantitative estimate of drug-likeness (QED) is 0.355. The number of hydrogen-bond acceptors (Lipinski definition) is 6. The van der Waals surface area contributed by atoms with Crippen LogP contribution in [-0.4, -0.2) is 27.5 Å². The number of hydrogen-bond donors (Lipinski definition) is 1. The van der Waals surface area contributed by atoms with Crippen molar-refractivity contribution in [2.75, 3.05) is 10.2 Å². The number of benzene rings is 3. The highest BCUT2D eigenvalue weighted by molar-refractivity contribution is 8.00. The van der Waals surface area contributed by atoms with Gasteiger partial charge in [0.15, 0.2) is 0 Å². The highest BCUT2D eigenvalue weighted by Gasteiger charge is 2.56. The number of thioether (sulfide) groups is 1. The normalized spacial score (nSPS) is 20.1. The minimum absolute atomic E-state index is 0.227. The number of rotatable bonds is 5. The standard InChI is InChI=1S/C29H22FN3O4S2/c1-16-7-5-6-10-20(16)31-21(34)15-32-28-25(39-29(32)37)22(17-8-3-2-4-9-17)23-24(38-28)27(36)33(26(23)35)19-13-11-18(30)12-14-19/h2-14,22-24H,15H2,1H3,(H,31,34)/t22-,23-,24+/m0/s1. The van der Waals surface area contributed by atoms with Crippen molar-refractivity contribution in [3.63, 3.8) is 0 Å². The first kappa shape index (κ1) is 25.3. The van der Waals surface area contributed by atoms with Crippen molar-refractivity contribution in [1.29, 1.82) is 0 Å². The molecule has 0 spiro atoms. The van der Waals surface area contributed by atoms with E-state index in [1.807, 2.05) is 55.5 Å². The number of para-hydroxylation sites is 1. The second-order valence-electron chi connectivity index (χ2n) is 9.43. The fraction of sp³-hybridized carbons (Fsp3) is 0.172. The molecule has 2 aliphatic rings. The molecule has 1 saturated heterocycles. The molecule has 10 heteroatoms. The van der Waals surface area contributed by atoms with E-state index in [0.29, 0.717) is 21.3 Å². The second kappa shape index (κ2) is 9.94. The zero-order valence-corrected chi connectivity index (χ0v) is 22.3. The molecular weight excluding hydrogens is 537 g/mol. The largest absolute Gasteiger partial charge is 0.324 e. The molecule has 0 unspecified atom stereocenters. The van der Waals surface area contributed by atoms with Gasteiger partial charge in [-0.15, -0.1) is 0 Å². The minimum Gasteiger partial charge on any atom is -0.324 e. The van der Waals surface area contributed by atoms with Gasteiger partial charge >= 0.3 is 4.87 Å². The van der Waals surface area contributed by atoms with Crippen LogP contribution in [0.5, 0.6) is 0 Å². The molecule has 1 fully saturated rings. The summed E-state index contributed by atoms with van der Waals surface area (Å²) >= 11 is 2.14. The molecule has 3 heterocycles. The lowest BCUT2D eigenvalue weighted by Gasteiger charge is -2.30. The van der Waals surface area contributed by atoms with E-state index in [9.17, 15) is 23.6 Å². The van der Waals surface area contributed by atoms with Crippen LogP contribution >= 0.6 is 23.1 Å². The molecule has 196 valence electrons. The Morgan fingerprint density at radius 3 is 2.33 bits per heavy atom. The predicted octanol–water partition coefficient (Wildman–Crippen LogP) is 4.79. The van der Waals surface area contributed by atoms with Gasteiger partial charge in [-0.2, -0.15) is 0 Å². The first-order chi connectivity index (χ1) is 18.8. The van der Waals surface area contributed by atoms with Crippen LogP contribution in [0.25, 0.3) is 0 Å². The topological polar surface area (TPSA) is 88.5 Å². The van der Waals surface area contributed by atoms with Gasteiger partial charge in [-0.3, -0.25) is 23.7 Å². The van der Waals surface area contributed by atoms with Gasteiger partial charge in [-0.05, 0) is 48.4 Å². The fourth-order valence-corrected chi connectivity index (χ4v) is 7.94. The molecule has 1 aromatic heterocycles. The maximum Gasteiger partial charge on any atom is 0.308 e. The number of nitrogens with zero attached hydrogens (tertiary/aromatic N) is 2. The van der Waals surface area contributed by atoms with Gasteiger partial charge in [0.25, 0.3) is 0 Å². The first-order valence-corrected chi connectivity index (χ1v) is 14.0. The van der Waals surface area contributed by atoms with Crippen LogP contribution in [0.3, 0.4) is 0 Å². The maximum absolute atomic E-state index is 13.8. The average molecular weight is 560 g/mol. The molecule has 4 aromatic rings. The molecule has 7 nitrogen and oxygen atoms in total. The van der Waals surface area contributed by atoms with E-state index in [1.165, 1.54) is 28.8 Å². The third-order valence-electron chi connectivity index (χ3n) is 7.01. The number of aryl methyl sites for hydroxylation is 1. The number of thiazole rings is 1. The van der Waals surface area contributed by atoms with E-state index < -0.39 is 34.7 Å². The number of carbonyl (C=O) groups is 3. The molecule has 6 rings (SSSR count). The first-order valence-electron chi connectivity index (χ1n) is 12.3. The number of amides is 3. The smallest absolute Gasteiger partial charge is 0.308 e. The zero-order valence-electron chi connectivity index (χ0n) is 20.7. The molecule has 3 aromatic carbocycles. The molecule has 3 atom stereocenters. The number of fused-ring (bicyclic) bond motifs is 2. The average Bonchev–Trinajstić information content (AvgIpc) is 3.37. The van der Waals surface area contributed by atoms with Crippen LogP contribution < -0.4 is 15.1 Å². The third kappa shape index (κ3) is 4.39. The van der Waals surface area contributed by atoms with Gasteiger partial charge in [0.2, 0.25) is 17.7 Å². The molecule has 0 aliphatic carbocycles. The monoisotopic (exact) mass is 559 g/mol. The summed E-state index contributed by atoms with van der Waals surface area (Å²) in [4.78, 5) is 55.1. The summed E-state index contributed by atoms with van der Waals surface area (Å²) in [6.45, 7) is 1.65. The van der Waals surface area contributed by atoms with Crippen molar-refractivity contribution < 1.29 is 18.8 Å². The summed E-state index contributed by atoms with van der Waals surface area (Å²) in [5.74, 6) is -2.96. The predicted molar refractivity (Wildman–Crippen MR) is 149 cm³/mol. The number of imide groups is 1. The Kier molecular flexibility index (Phi) is 6.44. The summed E-state index contributed by atoms with van der Waals surface area (Å²) < 4.78 is 15.0. The molecule has 0 radical (unpaired) electrons. The fourth-order valence-electron chi connectivity index (χ4n) is 5.17. The Hall–Kier alpha value is -4.02. The van der Waals surface area contributed by atoms with E-state index in [-0.39, 0.29) is 17.3 Å². The van der Waals surface area contributed by atoms with Crippen LogP contribution in [-0.2, 0) is 20.9 Å². The number of carbonyl (C=O) groups excluding carboxylic acids is 3. The lowest BCUT2D eigenvalue weighted by molar-refractivity contribution is -0.122. The van der Waals surface area contributed by atoms with Gasteiger partial charge in [0, 0.05) is 16.5 Å². The number of aromatic nitrogens is 1. The molecule has 3 amide bonds. The van der Waals surface area contributed by atoms with E-state index >= 15 is 0 Å². The van der Waals surface area contributed by atoms with Crippen LogP contribution in [0.2, 0.25) is 0 Å². The van der Waals surface area contributed by atoms with E-state index in [2.05, 4.69) is 5.32 Å². The van der Waals surface area contributed by atoms with Gasteiger partial charge in [-0.25, -0.2) is 9.29 Å². The summed E-state index contributed by atoms with van der Waals surface area (Å²) in [7, 11) is 0. The van der Waals surface area contributed by atoms with Crippen molar-refractivity contribution in [1.82, 2.24) is 4.57 Å². The summed E-state index contributed by atoms with van der Waals surface area (Å²) in [6.07, 6.45) is 0. The lowest BCUT2D eigenvalue weighted by Crippen LogP contribution is -2.33. The van der Waals surface area contributed by atoms with Gasteiger partial charge in [0.05, 0.1) is 16.6 Å². The zero-order chi connectivity index (χ0) is 27.3. The minimum atomic E-state index is -0.806. The Morgan fingerprint density at radius 2 is 1.62 bits per heavy atom. The van der Waals surface area contributed by atoms with E-state index in [1.54, 1.807) is 6.07 Å². The molecule has 2 aliphatic heterocycles. The van der Waals surface area contributed by atoms with Crippen molar-refractivity contribution in [2.24, 2.45) is 5.92 Å². The third-order valence-corrected chi connectivity index (χ3v) is 9.62. The van der Waals surface area contributed by atoms with Crippen LogP contribution in [0, 0.1) is 18.7 Å². The Labute approximate surface area is 231 Å². The number of anilines is 2. The van der Waals surface area contributed by atoms with Crippen molar-refractivity contribution >= 4 is 52.2 Å². The van der Waals surface area contributed by atoms with Crippen LogP contribution in [0.1, 0.15) is 21.9 Å². The van der Waals surface area contributed by atoms with Gasteiger partial charge in [-0.1, -0.05) is 71.6 Å². The highest BCUT2D eigenvalue weighted by atomic mass is 32.2. The SMILES string of the molecule is Cc1ccccc1NC(=O)Cn1c2c(sc1=O)[C@@H](c1ccccc1)[C@@H]1C(=O)N(c3ccc(F)cc3)C(=O)[C@@H]1S2. The Morgan fingerprint density at radius 1 is 0.923 bits per heavy atom.